The fourth-order valence-electron chi connectivity index (χ4n) is 3.10. The Labute approximate surface area is 190 Å². The Balaban J connectivity index is 1.70. The van der Waals surface area contributed by atoms with Gasteiger partial charge in [-0.2, -0.15) is 0 Å². The third-order valence-corrected chi connectivity index (χ3v) is 6.04. The molecule has 0 radical (unpaired) electrons. The van der Waals surface area contributed by atoms with Gasteiger partial charge in [0.15, 0.2) is 5.16 Å². The van der Waals surface area contributed by atoms with Crippen molar-refractivity contribution in [1.82, 2.24) is 14.9 Å². The van der Waals surface area contributed by atoms with E-state index in [0.717, 1.165) is 22.2 Å². The van der Waals surface area contributed by atoms with Gasteiger partial charge in [0.05, 0.1) is 22.9 Å². The number of ether oxygens (including phenoxy) is 1. The number of aryl methyl sites for hydroxylation is 2. The van der Waals surface area contributed by atoms with Crippen LogP contribution in [0.5, 0.6) is 0 Å². The number of fused-ring (bicyclic) bond motifs is 1. The van der Waals surface area contributed by atoms with Gasteiger partial charge >= 0.3 is 6.03 Å². The van der Waals surface area contributed by atoms with Gasteiger partial charge in [0.2, 0.25) is 5.91 Å². The van der Waals surface area contributed by atoms with Crippen LogP contribution < -0.4 is 10.6 Å². The number of rotatable bonds is 7. The van der Waals surface area contributed by atoms with E-state index in [1.807, 2.05) is 42.7 Å². The molecule has 164 valence electrons. The first-order valence-corrected chi connectivity index (χ1v) is 11.0. The number of nitrogens with zero attached hydrogens (tertiary/aromatic N) is 2. The first-order valence-electron chi connectivity index (χ1n) is 9.79. The number of methoxy groups -OCH3 is 1. The highest BCUT2D eigenvalue weighted by atomic mass is 35.5. The van der Waals surface area contributed by atoms with Gasteiger partial charge in [0.1, 0.15) is 0 Å². The van der Waals surface area contributed by atoms with E-state index in [1.165, 1.54) is 11.8 Å². The average molecular weight is 461 g/mol. The zero-order chi connectivity index (χ0) is 22.5. The zero-order valence-corrected chi connectivity index (χ0v) is 19.4. The molecule has 1 aromatic heterocycles. The molecule has 2 aromatic carbocycles. The Morgan fingerprint density at radius 2 is 2.00 bits per heavy atom. The summed E-state index contributed by atoms with van der Waals surface area (Å²) in [5, 5.41) is 5.83. The molecule has 1 heterocycles. The Morgan fingerprint density at radius 1 is 1.23 bits per heavy atom. The van der Waals surface area contributed by atoms with Crippen LogP contribution >= 0.6 is 23.4 Å². The Hall–Kier alpha value is -2.55. The second-order valence-electron chi connectivity index (χ2n) is 7.19. The lowest BCUT2D eigenvalue weighted by Crippen LogP contribution is -2.39. The Bertz CT molecular complexity index is 1120. The number of hydrogen-bond donors (Lipinski definition) is 2. The highest BCUT2D eigenvalue weighted by Crippen LogP contribution is 2.29. The van der Waals surface area contributed by atoms with Crippen LogP contribution in [-0.2, 0) is 16.1 Å². The van der Waals surface area contributed by atoms with Crippen molar-refractivity contribution in [3.8, 4) is 0 Å². The minimum atomic E-state index is -0.566. The fourth-order valence-corrected chi connectivity index (χ4v) is 4.22. The van der Waals surface area contributed by atoms with Gasteiger partial charge in [-0.3, -0.25) is 10.1 Å². The molecule has 0 bridgehead atoms. The number of thioether (sulfide) groups is 1. The summed E-state index contributed by atoms with van der Waals surface area (Å²) < 4.78 is 7.19. The molecular weight excluding hydrogens is 436 g/mol. The first-order chi connectivity index (χ1) is 14.8. The number of hydrogen-bond acceptors (Lipinski definition) is 5. The predicted octanol–water partition coefficient (Wildman–Crippen LogP) is 4.78. The average Bonchev–Trinajstić information content (AvgIpc) is 3.04. The van der Waals surface area contributed by atoms with Crippen molar-refractivity contribution in [3.63, 3.8) is 0 Å². The quantitative estimate of drug-likeness (QED) is 0.495. The maximum absolute atomic E-state index is 12.6. The van der Waals surface area contributed by atoms with Crippen molar-refractivity contribution in [3.05, 3.63) is 52.5 Å². The monoisotopic (exact) mass is 460 g/mol. The van der Waals surface area contributed by atoms with Crippen molar-refractivity contribution in [2.75, 3.05) is 19.0 Å². The molecule has 0 spiro atoms. The predicted molar refractivity (Wildman–Crippen MR) is 125 cm³/mol. The molecule has 7 nitrogen and oxygen atoms in total. The van der Waals surface area contributed by atoms with Gasteiger partial charge in [-0.1, -0.05) is 41.1 Å². The summed E-state index contributed by atoms with van der Waals surface area (Å²) in [5.41, 5.74) is 4.34. The number of halogens is 1. The SMILES string of the molecule is COCCn1c(SC(C)C(=O)NC(=O)Nc2ccc(C)cc2C)nc2cc(Cl)ccc21. The number of carbonyl (C=O) groups is 2. The molecule has 1 unspecified atom stereocenters. The van der Waals surface area contributed by atoms with Crippen LogP contribution in [0.1, 0.15) is 18.1 Å². The summed E-state index contributed by atoms with van der Waals surface area (Å²) in [6.07, 6.45) is 0. The van der Waals surface area contributed by atoms with Crippen molar-refractivity contribution >= 4 is 52.0 Å². The lowest BCUT2D eigenvalue weighted by atomic mass is 10.1. The smallest absolute Gasteiger partial charge is 0.325 e. The molecule has 1 atom stereocenters. The molecule has 0 saturated heterocycles. The van der Waals surface area contributed by atoms with Crippen LogP contribution in [0, 0.1) is 13.8 Å². The highest BCUT2D eigenvalue weighted by molar-refractivity contribution is 8.00. The third kappa shape index (κ3) is 5.78. The molecule has 31 heavy (non-hydrogen) atoms. The van der Waals surface area contributed by atoms with Crippen LogP contribution in [0.25, 0.3) is 11.0 Å². The summed E-state index contributed by atoms with van der Waals surface area (Å²) >= 11 is 7.37. The van der Waals surface area contributed by atoms with Crippen LogP contribution in [0.4, 0.5) is 10.5 Å². The largest absolute Gasteiger partial charge is 0.383 e. The van der Waals surface area contributed by atoms with E-state index in [1.54, 1.807) is 26.2 Å². The Morgan fingerprint density at radius 3 is 2.71 bits per heavy atom. The van der Waals surface area contributed by atoms with Crippen molar-refractivity contribution in [2.24, 2.45) is 0 Å². The summed E-state index contributed by atoms with van der Waals surface area (Å²) in [5.74, 6) is -0.407. The minimum Gasteiger partial charge on any atom is -0.383 e. The third-order valence-electron chi connectivity index (χ3n) is 4.71. The van der Waals surface area contributed by atoms with E-state index in [4.69, 9.17) is 16.3 Å². The molecule has 2 N–H and O–H groups in total. The zero-order valence-electron chi connectivity index (χ0n) is 17.9. The highest BCUT2D eigenvalue weighted by Gasteiger charge is 2.21. The van der Waals surface area contributed by atoms with E-state index in [2.05, 4.69) is 15.6 Å². The van der Waals surface area contributed by atoms with Gasteiger partial charge in [-0.25, -0.2) is 9.78 Å². The number of imide groups is 1. The fraction of sp³-hybridized carbons (Fsp3) is 0.318. The van der Waals surface area contributed by atoms with Crippen molar-refractivity contribution < 1.29 is 14.3 Å². The molecule has 9 heteroatoms. The number of urea groups is 1. The summed E-state index contributed by atoms with van der Waals surface area (Å²) in [6.45, 7) is 6.70. The van der Waals surface area contributed by atoms with Gasteiger partial charge in [-0.05, 0) is 50.6 Å². The molecular formula is C22H25ClN4O3S. The minimum absolute atomic E-state index is 0.407. The molecule has 3 aromatic rings. The normalized spacial score (nSPS) is 12.0. The summed E-state index contributed by atoms with van der Waals surface area (Å²) in [7, 11) is 1.63. The standard InChI is InChI=1S/C22H25ClN4O3S/c1-13-5-7-17(14(2)11-13)24-21(29)26-20(28)15(3)31-22-25-18-12-16(23)6-8-19(18)27(22)9-10-30-4/h5-8,11-12,15H,9-10H2,1-4H3,(H2,24,26,28,29). The van der Waals surface area contributed by atoms with Gasteiger partial charge in [0, 0.05) is 24.4 Å². The van der Waals surface area contributed by atoms with Crippen LogP contribution in [0.15, 0.2) is 41.6 Å². The number of carbonyl (C=O) groups excluding carboxylic acids is 2. The summed E-state index contributed by atoms with van der Waals surface area (Å²) in [4.78, 5) is 29.5. The molecule has 3 rings (SSSR count). The lowest BCUT2D eigenvalue weighted by molar-refractivity contribution is -0.119. The lowest BCUT2D eigenvalue weighted by Gasteiger charge is -2.14. The van der Waals surface area contributed by atoms with E-state index in [9.17, 15) is 9.59 Å². The number of aromatic nitrogens is 2. The van der Waals surface area contributed by atoms with E-state index >= 15 is 0 Å². The van der Waals surface area contributed by atoms with E-state index < -0.39 is 17.2 Å². The number of nitrogens with one attached hydrogen (secondary N) is 2. The second kappa shape index (κ2) is 10.2. The van der Waals surface area contributed by atoms with Crippen molar-refractivity contribution in [1.29, 1.82) is 0 Å². The first kappa shape index (κ1) is 23.1. The molecule has 0 aliphatic rings. The molecule has 0 aliphatic carbocycles. The van der Waals surface area contributed by atoms with Gasteiger partial charge < -0.3 is 14.6 Å². The van der Waals surface area contributed by atoms with Crippen LogP contribution in [0.2, 0.25) is 5.02 Å². The number of benzene rings is 2. The number of imidazole rings is 1. The Kier molecular flexibility index (Phi) is 7.59. The van der Waals surface area contributed by atoms with E-state index in [-0.39, 0.29) is 0 Å². The van der Waals surface area contributed by atoms with Gasteiger partial charge in [-0.15, -0.1) is 0 Å². The second-order valence-corrected chi connectivity index (χ2v) is 8.94. The maximum Gasteiger partial charge on any atom is 0.325 e. The number of anilines is 1. The molecule has 0 fully saturated rings. The van der Waals surface area contributed by atoms with Crippen LogP contribution in [-0.4, -0.2) is 40.5 Å². The van der Waals surface area contributed by atoms with Crippen molar-refractivity contribution in [2.45, 2.75) is 37.7 Å². The van der Waals surface area contributed by atoms with Crippen LogP contribution in [0.3, 0.4) is 0 Å². The summed E-state index contributed by atoms with van der Waals surface area (Å²) in [6, 6.07) is 10.6. The molecule has 3 amide bonds. The van der Waals surface area contributed by atoms with Gasteiger partial charge in [0.25, 0.3) is 0 Å². The number of amides is 3. The van der Waals surface area contributed by atoms with E-state index in [0.29, 0.717) is 29.0 Å². The topological polar surface area (TPSA) is 85.2 Å². The molecule has 0 aliphatic heterocycles. The molecule has 0 saturated carbocycles. The maximum atomic E-state index is 12.6.